The fourth-order valence-electron chi connectivity index (χ4n) is 9.85. The fourth-order valence-corrected chi connectivity index (χ4v) is 9.85. The molecule has 1 heteroatoms. The molecule has 0 aromatic heterocycles. The molecule has 0 unspecified atom stereocenters. The summed E-state index contributed by atoms with van der Waals surface area (Å²) in [5.41, 5.74) is 10.7. The van der Waals surface area contributed by atoms with E-state index in [0.29, 0.717) is 0 Å². The van der Waals surface area contributed by atoms with Crippen molar-refractivity contribution in [2.24, 2.45) is 0 Å². The van der Waals surface area contributed by atoms with Gasteiger partial charge in [-0.3, -0.25) is 0 Å². The summed E-state index contributed by atoms with van der Waals surface area (Å²) in [6, 6.07) is 86.9. The third-order valence-electron chi connectivity index (χ3n) is 12.6. The van der Waals surface area contributed by atoms with Crippen molar-refractivity contribution < 1.29 is 0 Å². The molecule has 12 aromatic carbocycles. The van der Waals surface area contributed by atoms with Crippen molar-refractivity contribution >= 4 is 81.7 Å². The molecule has 0 aliphatic heterocycles. The number of rotatable bonds is 6. The van der Waals surface area contributed by atoms with Crippen molar-refractivity contribution in [2.45, 2.75) is 0 Å². The summed E-state index contributed by atoms with van der Waals surface area (Å²) < 4.78 is 0. The standard InChI is InChI=1S/C60H39N/c1-3-18-42(19-4-1)59-55-27-12-11-26-51(55)52-35-34-45(39-56(52)60(59)43-20-5-2-6-21-43)44-22-13-23-46(38-44)61(57-30-14-28-49-47-24-9-7-16-40(47)32-36-53(49)57)58-31-15-29-50-48-25-10-8-17-41(48)33-37-54(50)58/h1-39H. The second-order valence-corrected chi connectivity index (χ2v) is 16.0. The van der Waals surface area contributed by atoms with Crippen LogP contribution in [0.2, 0.25) is 0 Å². The number of nitrogens with zero attached hydrogens (tertiary/aromatic N) is 1. The topological polar surface area (TPSA) is 3.24 Å². The molecule has 0 radical (unpaired) electrons. The Bertz CT molecular complexity index is 3520. The van der Waals surface area contributed by atoms with Crippen LogP contribution < -0.4 is 4.90 Å². The molecule has 12 aromatic rings. The van der Waals surface area contributed by atoms with Crippen molar-refractivity contribution in [3.05, 3.63) is 237 Å². The van der Waals surface area contributed by atoms with Crippen LogP contribution in [0.25, 0.3) is 98.0 Å². The van der Waals surface area contributed by atoms with Gasteiger partial charge in [0.05, 0.1) is 11.4 Å². The molecule has 0 bridgehead atoms. The van der Waals surface area contributed by atoms with Gasteiger partial charge in [-0.1, -0.05) is 206 Å². The molecule has 0 aliphatic rings. The van der Waals surface area contributed by atoms with E-state index >= 15 is 0 Å². The summed E-state index contributed by atoms with van der Waals surface area (Å²) >= 11 is 0. The minimum atomic E-state index is 1.10. The maximum atomic E-state index is 2.48. The van der Waals surface area contributed by atoms with Crippen LogP contribution in [-0.4, -0.2) is 0 Å². The van der Waals surface area contributed by atoms with Crippen LogP contribution in [0.4, 0.5) is 17.1 Å². The first-order valence-electron chi connectivity index (χ1n) is 21.1. The Balaban J connectivity index is 1.11. The van der Waals surface area contributed by atoms with Crippen LogP contribution in [0.15, 0.2) is 237 Å². The van der Waals surface area contributed by atoms with E-state index in [-0.39, 0.29) is 0 Å². The zero-order valence-electron chi connectivity index (χ0n) is 33.5. The minimum absolute atomic E-state index is 1.10. The van der Waals surface area contributed by atoms with E-state index in [9.17, 15) is 0 Å². The van der Waals surface area contributed by atoms with Gasteiger partial charge in [-0.2, -0.15) is 0 Å². The van der Waals surface area contributed by atoms with E-state index in [1.54, 1.807) is 0 Å². The molecule has 0 N–H and O–H groups in total. The van der Waals surface area contributed by atoms with Crippen LogP contribution in [-0.2, 0) is 0 Å². The Hall–Kier alpha value is -8.00. The van der Waals surface area contributed by atoms with E-state index in [1.165, 1.54) is 92.5 Å². The van der Waals surface area contributed by atoms with Crippen molar-refractivity contribution in [3.63, 3.8) is 0 Å². The Morgan fingerprint density at radius 2 is 0.623 bits per heavy atom. The van der Waals surface area contributed by atoms with Gasteiger partial charge in [0.2, 0.25) is 0 Å². The summed E-state index contributed by atoms with van der Waals surface area (Å²) in [6.07, 6.45) is 0. The minimum Gasteiger partial charge on any atom is -0.309 e. The number of fused-ring (bicyclic) bond motifs is 9. The third kappa shape index (κ3) is 5.78. The molecule has 0 atom stereocenters. The number of hydrogen-bond donors (Lipinski definition) is 0. The molecule has 0 spiro atoms. The second-order valence-electron chi connectivity index (χ2n) is 16.0. The zero-order valence-corrected chi connectivity index (χ0v) is 33.5. The van der Waals surface area contributed by atoms with Gasteiger partial charge in [0.25, 0.3) is 0 Å². The van der Waals surface area contributed by atoms with Crippen molar-refractivity contribution in [3.8, 4) is 33.4 Å². The lowest BCUT2D eigenvalue weighted by molar-refractivity contribution is 1.31. The van der Waals surface area contributed by atoms with Crippen molar-refractivity contribution in [2.75, 3.05) is 4.90 Å². The van der Waals surface area contributed by atoms with Gasteiger partial charge >= 0.3 is 0 Å². The van der Waals surface area contributed by atoms with Gasteiger partial charge in [0.15, 0.2) is 0 Å². The van der Waals surface area contributed by atoms with Crippen LogP contribution in [0.5, 0.6) is 0 Å². The van der Waals surface area contributed by atoms with E-state index in [2.05, 4.69) is 241 Å². The number of anilines is 3. The van der Waals surface area contributed by atoms with Crippen LogP contribution in [0, 0.1) is 0 Å². The number of hydrogen-bond acceptors (Lipinski definition) is 1. The predicted octanol–water partition coefficient (Wildman–Crippen LogP) is 17.1. The molecule has 0 saturated carbocycles. The molecule has 0 heterocycles. The monoisotopic (exact) mass is 773 g/mol. The lowest BCUT2D eigenvalue weighted by atomic mass is 9.84. The quantitative estimate of drug-likeness (QED) is 0.152. The predicted molar refractivity (Wildman–Crippen MR) is 262 cm³/mol. The molecule has 12 rings (SSSR count). The van der Waals surface area contributed by atoms with Crippen molar-refractivity contribution in [1.29, 1.82) is 0 Å². The Morgan fingerprint density at radius 1 is 0.213 bits per heavy atom. The maximum absolute atomic E-state index is 2.48. The van der Waals surface area contributed by atoms with Crippen LogP contribution >= 0.6 is 0 Å². The van der Waals surface area contributed by atoms with Gasteiger partial charge < -0.3 is 4.90 Å². The average molecular weight is 774 g/mol. The normalized spacial score (nSPS) is 11.6. The Morgan fingerprint density at radius 3 is 1.23 bits per heavy atom. The van der Waals surface area contributed by atoms with Gasteiger partial charge in [0, 0.05) is 16.5 Å². The van der Waals surface area contributed by atoms with E-state index in [0.717, 1.165) is 22.6 Å². The molecule has 284 valence electrons. The summed E-state index contributed by atoms with van der Waals surface area (Å²) in [4.78, 5) is 2.48. The lowest BCUT2D eigenvalue weighted by Crippen LogP contribution is -2.11. The SMILES string of the molecule is c1ccc(-c2c(-c3ccccc3)c3cc(-c4cccc(N(c5cccc6c5ccc5ccccc56)c5cccc6c5ccc5ccccc56)c4)ccc3c3ccccc23)cc1. The molecule has 0 aliphatic carbocycles. The number of benzene rings is 12. The van der Waals surface area contributed by atoms with Crippen LogP contribution in [0.3, 0.4) is 0 Å². The Labute approximate surface area is 355 Å². The second kappa shape index (κ2) is 14.4. The molecular formula is C60H39N. The molecule has 0 saturated heterocycles. The molecule has 61 heavy (non-hydrogen) atoms. The fraction of sp³-hybridized carbons (Fsp3) is 0. The van der Waals surface area contributed by atoms with E-state index < -0.39 is 0 Å². The highest BCUT2D eigenvalue weighted by Crippen LogP contribution is 2.48. The largest absolute Gasteiger partial charge is 0.309 e. The Kier molecular flexibility index (Phi) is 8.25. The summed E-state index contributed by atoms with van der Waals surface area (Å²) in [5.74, 6) is 0. The average Bonchev–Trinajstić information content (AvgIpc) is 3.34. The third-order valence-corrected chi connectivity index (χ3v) is 12.6. The van der Waals surface area contributed by atoms with Crippen LogP contribution in [0.1, 0.15) is 0 Å². The first-order chi connectivity index (χ1) is 30.3. The highest BCUT2D eigenvalue weighted by Gasteiger charge is 2.21. The summed E-state index contributed by atoms with van der Waals surface area (Å²) in [6.45, 7) is 0. The molecular weight excluding hydrogens is 735 g/mol. The van der Waals surface area contributed by atoms with E-state index in [1.807, 2.05) is 0 Å². The molecule has 1 nitrogen and oxygen atoms in total. The summed E-state index contributed by atoms with van der Waals surface area (Å²) in [5, 5.41) is 14.9. The van der Waals surface area contributed by atoms with Gasteiger partial charge in [-0.15, -0.1) is 0 Å². The first-order valence-corrected chi connectivity index (χ1v) is 21.1. The zero-order chi connectivity index (χ0) is 40.3. The highest BCUT2D eigenvalue weighted by atomic mass is 15.1. The smallest absolute Gasteiger partial charge is 0.0540 e. The van der Waals surface area contributed by atoms with E-state index in [4.69, 9.17) is 0 Å². The van der Waals surface area contributed by atoms with Gasteiger partial charge in [0.1, 0.15) is 0 Å². The van der Waals surface area contributed by atoms with Gasteiger partial charge in [-0.25, -0.2) is 0 Å². The van der Waals surface area contributed by atoms with Crippen molar-refractivity contribution in [1.82, 2.24) is 0 Å². The maximum Gasteiger partial charge on any atom is 0.0540 e. The molecule has 0 amide bonds. The molecule has 0 fully saturated rings. The summed E-state index contributed by atoms with van der Waals surface area (Å²) in [7, 11) is 0. The first kappa shape index (κ1) is 35.0. The highest BCUT2D eigenvalue weighted by molar-refractivity contribution is 6.22. The lowest BCUT2D eigenvalue weighted by Gasteiger charge is -2.29. The van der Waals surface area contributed by atoms with Gasteiger partial charge in [-0.05, 0) is 118 Å².